The molecule has 3 heterocycles. The van der Waals surface area contributed by atoms with E-state index in [2.05, 4.69) is 20.2 Å². The lowest BCUT2D eigenvalue weighted by molar-refractivity contribution is -0.118. The molecule has 1 saturated heterocycles. The molecule has 0 bridgehead atoms. The summed E-state index contributed by atoms with van der Waals surface area (Å²) in [5.74, 6) is 0.768. The molecule has 1 N–H and O–H groups in total. The second kappa shape index (κ2) is 7.96. The van der Waals surface area contributed by atoms with E-state index >= 15 is 0 Å². The van der Waals surface area contributed by atoms with E-state index in [-0.39, 0.29) is 17.9 Å². The maximum atomic E-state index is 12.8. The molecule has 2 aliphatic heterocycles. The minimum absolute atomic E-state index is 0.0658. The van der Waals surface area contributed by atoms with Gasteiger partial charge in [-0.25, -0.2) is 9.97 Å². The Labute approximate surface area is 164 Å². The van der Waals surface area contributed by atoms with Crippen LogP contribution in [-0.2, 0) is 11.2 Å². The van der Waals surface area contributed by atoms with E-state index in [0.717, 1.165) is 37.1 Å². The first kappa shape index (κ1) is 18.4. The van der Waals surface area contributed by atoms with Gasteiger partial charge in [-0.05, 0) is 49.1 Å². The highest BCUT2D eigenvalue weighted by molar-refractivity contribution is 5.98. The molecule has 1 fully saturated rings. The maximum Gasteiger partial charge on any atom is 0.251 e. The zero-order valence-electron chi connectivity index (χ0n) is 16.1. The van der Waals surface area contributed by atoms with Gasteiger partial charge in [0.15, 0.2) is 0 Å². The number of carbonyl (C=O) groups is 2. The second-order valence-corrected chi connectivity index (χ2v) is 7.30. The van der Waals surface area contributed by atoms with Crippen LogP contribution in [-0.4, -0.2) is 47.5 Å². The molecule has 7 nitrogen and oxygen atoms in total. The third-order valence-electron chi connectivity index (χ3n) is 5.43. The van der Waals surface area contributed by atoms with Gasteiger partial charge >= 0.3 is 0 Å². The molecule has 4 rings (SSSR count). The summed E-state index contributed by atoms with van der Waals surface area (Å²) in [5, 5.41) is 3.15. The van der Waals surface area contributed by atoms with Crippen LogP contribution in [0.3, 0.4) is 0 Å². The van der Waals surface area contributed by atoms with Crippen molar-refractivity contribution in [3.05, 3.63) is 47.8 Å². The van der Waals surface area contributed by atoms with E-state index < -0.39 is 0 Å². The molecular formula is C21H25N5O2. The molecule has 2 amide bonds. The molecule has 1 atom stereocenters. The van der Waals surface area contributed by atoms with Crippen molar-refractivity contribution in [2.24, 2.45) is 0 Å². The Hall–Kier alpha value is -2.96. The van der Waals surface area contributed by atoms with Crippen LogP contribution in [0, 0.1) is 0 Å². The van der Waals surface area contributed by atoms with E-state index in [4.69, 9.17) is 0 Å². The van der Waals surface area contributed by atoms with Crippen LogP contribution < -0.4 is 15.1 Å². The van der Waals surface area contributed by atoms with Gasteiger partial charge in [-0.15, -0.1) is 0 Å². The van der Waals surface area contributed by atoms with Gasteiger partial charge in [-0.3, -0.25) is 9.59 Å². The monoisotopic (exact) mass is 379 g/mol. The highest BCUT2D eigenvalue weighted by atomic mass is 16.2. The molecule has 0 aliphatic carbocycles. The Morgan fingerprint density at radius 2 is 2.04 bits per heavy atom. The largest absolute Gasteiger partial charge is 0.348 e. The van der Waals surface area contributed by atoms with Crippen molar-refractivity contribution in [3.8, 4) is 0 Å². The fourth-order valence-electron chi connectivity index (χ4n) is 3.99. The SMILES string of the molecule is CCC(=O)N1CCc2cc(C(=O)NC3CCCN(c4ncccn4)C3)ccc21. The van der Waals surface area contributed by atoms with E-state index in [0.29, 0.717) is 31.0 Å². The molecule has 2 aliphatic rings. The van der Waals surface area contributed by atoms with E-state index in [1.807, 2.05) is 30.0 Å². The van der Waals surface area contributed by atoms with Gasteiger partial charge in [0.1, 0.15) is 0 Å². The summed E-state index contributed by atoms with van der Waals surface area (Å²) in [6.45, 7) is 4.17. The van der Waals surface area contributed by atoms with Gasteiger partial charge in [-0.1, -0.05) is 6.92 Å². The number of amides is 2. The summed E-state index contributed by atoms with van der Waals surface area (Å²) in [6.07, 6.45) is 6.69. The van der Waals surface area contributed by atoms with Crippen LogP contribution in [0.2, 0.25) is 0 Å². The van der Waals surface area contributed by atoms with Crippen molar-refractivity contribution in [3.63, 3.8) is 0 Å². The van der Waals surface area contributed by atoms with Crippen molar-refractivity contribution >= 4 is 23.5 Å². The summed E-state index contributed by atoms with van der Waals surface area (Å²) in [5.41, 5.74) is 2.66. The molecule has 0 spiro atoms. The number of benzene rings is 1. The number of piperidine rings is 1. The molecule has 1 aromatic carbocycles. The van der Waals surface area contributed by atoms with E-state index in [9.17, 15) is 9.59 Å². The predicted molar refractivity (Wildman–Crippen MR) is 108 cm³/mol. The number of anilines is 2. The van der Waals surface area contributed by atoms with Crippen LogP contribution in [0.15, 0.2) is 36.7 Å². The molecule has 1 unspecified atom stereocenters. The zero-order chi connectivity index (χ0) is 19.5. The number of aromatic nitrogens is 2. The lowest BCUT2D eigenvalue weighted by Gasteiger charge is -2.33. The smallest absolute Gasteiger partial charge is 0.251 e. The Balaban J connectivity index is 1.42. The first-order valence-electron chi connectivity index (χ1n) is 9.92. The van der Waals surface area contributed by atoms with Gasteiger partial charge in [-0.2, -0.15) is 0 Å². The number of fused-ring (bicyclic) bond motifs is 1. The summed E-state index contributed by atoms with van der Waals surface area (Å²) in [6, 6.07) is 7.51. The molecular weight excluding hydrogens is 354 g/mol. The number of nitrogens with one attached hydrogen (secondary N) is 1. The van der Waals surface area contributed by atoms with Crippen molar-refractivity contribution in [2.45, 2.75) is 38.6 Å². The molecule has 0 saturated carbocycles. The summed E-state index contributed by atoms with van der Waals surface area (Å²) in [7, 11) is 0. The Kier molecular flexibility index (Phi) is 5.23. The molecule has 146 valence electrons. The zero-order valence-corrected chi connectivity index (χ0v) is 16.1. The second-order valence-electron chi connectivity index (χ2n) is 7.30. The summed E-state index contributed by atoms with van der Waals surface area (Å²) < 4.78 is 0. The Morgan fingerprint density at radius 3 is 2.82 bits per heavy atom. The molecule has 2 aromatic rings. The van der Waals surface area contributed by atoms with Crippen LogP contribution in [0.1, 0.15) is 42.1 Å². The van der Waals surface area contributed by atoms with Crippen molar-refractivity contribution < 1.29 is 9.59 Å². The number of hydrogen-bond donors (Lipinski definition) is 1. The van der Waals surface area contributed by atoms with Crippen LogP contribution >= 0.6 is 0 Å². The average Bonchev–Trinajstić information content (AvgIpc) is 3.17. The molecule has 1 aromatic heterocycles. The fraction of sp³-hybridized carbons (Fsp3) is 0.429. The van der Waals surface area contributed by atoms with Gasteiger partial charge < -0.3 is 15.1 Å². The fourth-order valence-corrected chi connectivity index (χ4v) is 3.99. The van der Waals surface area contributed by atoms with Crippen molar-refractivity contribution in [1.29, 1.82) is 0 Å². The number of nitrogens with zero attached hydrogens (tertiary/aromatic N) is 4. The minimum Gasteiger partial charge on any atom is -0.348 e. The topological polar surface area (TPSA) is 78.4 Å². The Morgan fingerprint density at radius 1 is 1.21 bits per heavy atom. The highest BCUT2D eigenvalue weighted by Crippen LogP contribution is 2.29. The first-order valence-corrected chi connectivity index (χ1v) is 9.92. The third kappa shape index (κ3) is 3.69. The van der Waals surface area contributed by atoms with Crippen molar-refractivity contribution in [2.75, 3.05) is 29.4 Å². The lowest BCUT2D eigenvalue weighted by Crippen LogP contribution is -2.48. The highest BCUT2D eigenvalue weighted by Gasteiger charge is 2.26. The van der Waals surface area contributed by atoms with E-state index in [1.54, 1.807) is 18.5 Å². The van der Waals surface area contributed by atoms with Gasteiger partial charge in [0, 0.05) is 55.7 Å². The molecule has 7 heteroatoms. The molecule has 0 radical (unpaired) electrons. The predicted octanol–water partition coefficient (Wildman–Crippen LogP) is 2.17. The normalized spacial score (nSPS) is 18.7. The minimum atomic E-state index is -0.0658. The van der Waals surface area contributed by atoms with Crippen molar-refractivity contribution in [1.82, 2.24) is 15.3 Å². The van der Waals surface area contributed by atoms with Crippen LogP contribution in [0.5, 0.6) is 0 Å². The van der Waals surface area contributed by atoms with Gasteiger partial charge in [0.2, 0.25) is 11.9 Å². The maximum absolute atomic E-state index is 12.8. The standard InChI is InChI=1S/C21H25N5O2/c1-2-19(27)26-12-8-15-13-16(6-7-18(15)26)20(28)24-17-5-3-11-25(14-17)21-22-9-4-10-23-21/h4,6-7,9-10,13,17H,2-3,5,8,11-12,14H2,1H3,(H,24,28). The lowest BCUT2D eigenvalue weighted by atomic mass is 10.0. The first-order chi connectivity index (χ1) is 13.7. The third-order valence-corrected chi connectivity index (χ3v) is 5.43. The summed E-state index contributed by atoms with van der Waals surface area (Å²) in [4.78, 5) is 37.4. The Bertz CT molecular complexity index is 870. The van der Waals surface area contributed by atoms with Crippen LogP contribution in [0.4, 0.5) is 11.6 Å². The number of hydrogen-bond acceptors (Lipinski definition) is 5. The van der Waals surface area contributed by atoms with Gasteiger partial charge in [0.25, 0.3) is 5.91 Å². The molecule has 28 heavy (non-hydrogen) atoms. The van der Waals surface area contributed by atoms with Crippen LogP contribution in [0.25, 0.3) is 0 Å². The number of rotatable bonds is 4. The summed E-state index contributed by atoms with van der Waals surface area (Å²) >= 11 is 0. The van der Waals surface area contributed by atoms with E-state index in [1.165, 1.54) is 0 Å². The van der Waals surface area contributed by atoms with Gasteiger partial charge in [0.05, 0.1) is 0 Å². The average molecular weight is 379 g/mol. The quantitative estimate of drug-likeness (QED) is 0.881. The number of carbonyl (C=O) groups excluding carboxylic acids is 2.